The van der Waals surface area contributed by atoms with Crippen LogP contribution in [-0.2, 0) is 9.26 Å². The van der Waals surface area contributed by atoms with E-state index in [2.05, 4.69) is 41.4 Å². The van der Waals surface area contributed by atoms with Crippen LogP contribution >= 0.6 is 20.3 Å². The number of thiol groups is 1. The predicted molar refractivity (Wildman–Crippen MR) is 115 cm³/mol. The molecule has 2 aromatic heterocycles. The maximum absolute atomic E-state index is 10.8. The van der Waals surface area contributed by atoms with E-state index in [9.17, 15) is 15.1 Å². The molecule has 0 saturated carbocycles. The molecule has 0 bridgehead atoms. The van der Waals surface area contributed by atoms with Gasteiger partial charge in [-0.3, -0.25) is 0 Å². The molecule has 9 nitrogen and oxygen atoms in total. The van der Waals surface area contributed by atoms with Crippen LogP contribution in [0.15, 0.2) is 17.7 Å². The normalized spacial score (nSPS) is 24.9. The molecule has 1 aliphatic rings. The summed E-state index contributed by atoms with van der Waals surface area (Å²) in [4.78, 5) is 23.2. The van der Waals surface area contributed by atoms with Crippen LogP contribution < -0.4 is 0 Å². The molecule has 2 aromatic rings. The molecule has 3 N–H and O–H groups in total. The van der Waals surface area contributed by atoms with Crippen molar-refractivity contribution >= 4 is 31.5 Å². The van der Waals surface area contributed by atoms with Crippen molar-refractivity contribution < 1.29 is 24.4 Å². The second kappa shape index (κ2) is 9.51. The molecule has 0 aromatic carbocycles. The van der Waals surface area contributed by atoms with Crippen LogP contribution in [0.4, 0.5) is 0 Å². The predicted octanol–water partition coefficient (Wildman–Crippen LogP) is 1.92. The number of hydrogen-bond donors (Lipinski definition) is 4. The summed E-state index contributed by atoms with van der Waals surface area (Å²) in [6.45, 7) is 5.97. The van der Waals surface area contributed by atoms with Crippen LogP contribution in [0, 0.1) is 0 Å². The topological polar surface area (TPSA) is 123 Å². The van der Waals surface area contributed by atoms with Crippen molar-refractivity contribution in [2.75, 3.05) is 13.2 Å². The first-order valence-corrected chi connectivity index (χ1v) is 12.5. The van der Waals surface area contributed by atoms with E-state index in [1.807, 2.05) is 6.92 Å². The van der Waals surface area contributed by atoms with Gasteiger partial charge in [-0.15, -0.1) is 0 Å². The zero-order valence-electron chi connectivity index (χ0n) is 17.0. The van der Waals surface area contributed by atoms with E-state index >= 15 is 0 Å². The molecule has 1 saturated heterocycles. The Balaban J connectivity index is 1.66. The second-order valence-corrected chi connectivity index (χ2v) is 11.3. The number of ether oxygens (including phenoxy) is 1. The molecular weight excluding hydrogens is 415 g/mol. The van der Waals surface area contributed by atoms with E-state index in [0.717, 1.165) is 12.8 Å². The van der Waals surface area contributed by atoms with E-state index in [-0.39, 0.29) is 18.4 Å². The summed E-state index contributed by atoms with van der Waals surface area (Å²) >= 11 is 4.27. The van der Waals surface area contributed by atoms with Gasteiger partial charge in [-0.2, -0.15) is 0 Å². The molecule has 1 fully saturated rings. The number of fused-ring (bicyclic) bond motifs is 1. The maximum atomic E-state index is 10.8. The Morgan fingerprint density at radius 3 is 2.69 bits per heavy atom. The number of aromatic nitrogens is 4. The SMILES string of the molecule is CCC(CCO[C@@H]([C@H](O)CO)n1cnc2c(S)ncnc21)O[PH]1(O)C(C)C1CC. The Hall–Kier alpha value is -0.870. The number of rotatable bonds is 11. The van der Waals surface area contributed by atoms with Gasteiger partial charge in [-0.1, -0.05) is 0 Å². The van der Waals surface area contributed by atoms with Crippen molar-refractivity contribution in [1.29, 1.82) is 0 Å². The van der Waals surface area contributed by atoms with E-state index < -0.39 is 26.7 Å². The number of aliphatic hydroxyl groups is 2. The van der Waals surface area contributed by atoms with Gasteiger partial charge in [0.15, 0.2) is 0 Å². The molecule has 11 heteroatoms. The van der Waals surface area contributed by atoms with Gasteiger partial charge in [0.25, 0.3) is 0 Å². The molecule has 5 atom stereocenters. The molecule has 29 heavy (non-hydrogen) atoms. The fraction of sp³-hybridized carbons (Fsp3) is 0.722. The van der Waals surface area contributed by atoms with Gasteiger partial charge in [0.2, 0.25) is 0 Å². The summed E-state index contributed by atoms with van der Waals surface area (Å²) in [5, 5.41) is 20.2. The van der Waals surface area contributed by atoms with Crippen LogP contribution in [0.3, 0.4) is 0 Å². The number of aliphatic hydroxyl groups excluding tert-OH is 2. The minimum absolute atomic E-state index is 0.108. The van der Waals surface area contributed by atoms with Crippen molar-refractivity contribution in [1.82, 2.24) is 19.5 Å². The third-order valence-corrected chi connectivity index (χ3v) is 10.1. The Labute approximate surface area is 176 Å². The average molecular weight is 447 g/mol. The van der Waals surface area contributed by atoms with Crippen molar-refractivity contribution in [2.24, 2.45) is 0 Å². The molecule has 3 unspecified atom stereocenters. The van der Waals surface area contributed by atoms with Gasteiger partial charge in [-0.25, -0.2) is 0 Å². The van der Waals surface area contributed by atoms with Crippen molar-refractivity contribution in [2.45, 2.75) is 74.8 Å². The monoisotopic (exact) mass is 446 g/mol. The van der Waals surface area contributed by atoms with Gasteiger partial charge < -0.3 is 0 Å². The molecule has 0 spiro atoms. The quantitative estimate of drug-likeness (QED) is 0.235. The van der Waals surface area contributed by atoms with E-state index in [1.165, 1.54) is 12.7 Å². The van der Waals surface area contributed by atoms with Crippen molar-refractivity contribution in [3.8, 4) is 0 Å². The molecule has 3 rings (SSSR count). The van der Waals surface area contributed by atoms with Gasteiger partial charge in [0, 0.05) is 0 Å². The number of nitrogens with zero attached hydrogens (tertiary/aromatic N) is 4. The number of hydrogen-bond acceptors (Lipinski definition) is 9. The molecule has 0 radical (unpaired) electrons. The van der Waals surface area contributed by atoms with Gasteiger partial charge in [0.05, 0.1) is 0 Å². The van der Waals surface area contributed by atoms with E-state index in [4.69, 9.17) is 9.26 Å². The van der Waals surface area contributed by atoms with Crippen LogP contribution in [0.2, 0.25) is 0 Å². The summed E-state index contributed by atoms with van der Waals surface area (Å²) < 4.78 is 13.6. The molecular formula is C18H31N4O5PS. The summed E-state index contributed by atoms with van der Waals surface area (Å²) in [5.74, 6) is 0. The first-order valence-electron chi connectivity index (χ1n) is 10.0. The molecule has 0 amide bonds. The standard InChI is InChI=1S/C18H31N4O5PS/c1-4-12(27-28(25)11(3)14(28)5-2)6-7-26-18(13(24)8-23)22-10-21-15-16(22)19-9-20-17(15)29/h9-14,18,23-25,28H,4-8H2,1-3H3,(H,19,20,29)/t11?,12?,13-,14?,18+/m1/s1. The van der Waals surface area contributed by atoms with Gasteiger partial charge in [0.1, 0.15) is 0 Å². The third-order valence-electron chi connectivity index (χ3n) is 5.79. The van der Waals surface area contributed by atoms with Gasteiger partial charge in [-0.05, 0) is 0 Å². The number of imidazole rings is 1. The first kappa shape index (κ1) is 22.8. The zero-order chi connectivity index (χ0) is 21.2. The van der Waals surface area contributed by atoms with Crippen molar-refractivity contribution in [3.63, 3.8) is 0 Å². The Kier molecular flexibility index (Phi) is 7.48. The Morgan fingerprint density at radius 2 is 2.07 bits per heavy atom. The van der Waals surface area contributed by atoms with Crippen LogP contribution in [0.5, 0.6) is 0 Å². The minimum atomic E-state index is -2.61. The Bertz CT molecular complexity index is 827. The van der Waals surface area contributed by atoms with Crippen LogP contribution in [0.25, 0.3) is 11.2 Å². The molecule has 1 aliphatic heterocycles. The summed E-state index contributed by atoms with van der Waals surface area (Å²) in [7, 11) is -2.61. The molecule has 164 valence electrons. The summed E-state index contributed by atoms with van der Waals surface area (Å²) in [5.41, 5.74) is 1.52. The summed E-state index contributed by atoms with van der Waals surface area (Å²) in [6.07, 6.45) is 2.99. The third kappa shape index (κ3) is 4.58. The second-order valence-electron chi connectivity index (χ2n) is 7.52. The fourth-order valence-corrected chi connectivity index (χ4v) is 7.72. The fourth-order valence-electron chi connectivity index (χ4n) is 3.86. The van der Waals surface area contributed by atoms with Crippen molar-refractivity contribution in [3.05, 3.63) is 12.7 Å². The summed E-state index contributed by atoms with van der Waals surface area (Å²) in [6, 6.07) is 0. The van der Waals surface area contributed by atoms with Crippen LogP contribution in [-0.4, -0.2) is 71.4 Å². The zero-order valence-corrected chi connectivity index (χ0v) is 18.9. The molecule has 0 aliphatic carbocycles. The first-order chi connectivity index (χ1) is 13.9. The van der Waals surface area contributed by atoms with Crippen LogP contribution in [0.1, 0.15) is 46.3 Å². The van der Waals surface area contributed by atoms with E-state index in [0.29, 0.717) is 28.3 Å². The Morgan fingerprint density at radius 1 is 1.31 bits per heavy atom. The average Bonchev–Trinajstić information content (AvgIpc) is 3.04. The molecule has 3 heterocycles. The van der Waals surface area contributed by atoms with E-state index in [1.54, 1.807) is 4.57 Å². The van der Waals surface area contributed by atoms with Gasteiger partial charge >= 0.3 is 176 Å².